The lowest BCUT2D eigenvalue weighted by Gasteiger charge is -2.13. The SMILES string of the molecule is CCC(N)c1cc(C(C)(C)C)nn1C. The molecule has 1 aromatic heterocycles. The number of hydrogen-bond acceptors (Lipinski definition) is 2. The van der Waals surface area contributed by atoms with Crippen LogP contribution in [0.15, 0.2) is 6.07 Å². The minimum Gasteiger partial charge on any atom is -0.323 e. The fraction of sp³-hybridized carbons (Fsp3) is 0.727. The molecule has 3 heteroatoms. The Labute approximate surface area is 86.3 Å². The van der Waals surface area contributed by atoms with Crippen molar-refractivity contribution in [2.45, 2.75) is 45.6 Å². The number of rotatable bonds is 2. The van der Waals surface area contributed by atoms with Gasteiger partial charge < -0.3 is 5.73 Å². The molecule has 1 unspecified atom stereocenters. The Bertz CT molecular complexity index is 307. The largest absolute Gasteiger partial charge is 0.323 e. The molecule has 2 N–H and O–H groups in total. The van der Waals surface area contributed by atoms with E-state index >= 15 is 0 Å². The van der Waals surface area contributed by atoms with E-state index in [1.54, 1.807) is 0 Å². The molecule has 14 heavy (non-hydrogen) atoms. The van der Waals surface area contributed by atoms with Crippen LogP contribution in [0.25, 0.3) is 0 Å². The second kappa shape index (κ2) is 3.73. The van der Waals surface area contributed by atoms with E-state index in [9.17, 15) is 0 Å². The molecule has 0 aliphatic rings. The van der Waals surface area contributed by atoms with E-state index < -0.39 is 0 Å². The summed E-state index contributed by atoms with van der Waals surface area (Å²) in [6.07, 6.45) is 0.948. The summed E-state index contributed by atoms with van der Waals surface area (Å²) in [6, 6.07) is 2.22. The molecule has 0 saturated heterocycles. The minimum absolute atomic E-state index is 0.101. The van der Waals surface area contributed by atoms with E-state index in [1.807, 2.05) is 11.7 Å². The molecule has 1 aromatic rings. The summed E-state index contributed by atoms with van der Waals surface area (Å²) in [5.74, 6) is 0. The van der Waals surface area contributed by atoms with Gasteiger partial charge in [-0.1, -0.05) is 27.7 Å². The Morgan fingerprint density at radius 2 is 2.07 bits per heavy atom. The lowest BCUT2D eigenvalue weighted by molar-refractivity contribution is 0.546. The molecular formula is C11H21N3. The van der Waals surface area contributed by atoms with Gasteiger partial charge >= 0.3 is 0 Å². The Morgan fingerprint density at radius 3 is 2.43 bits per heavy atom. The highest BCUT2D eigenvalue weighted by Gasteiger charge is 2.20. The van der Waals surface area contributed by atoms with Gasteiger partial charge in [-0.3, -0.25) is 4.68 Å². The summed E-state index contributed by atoms with van der Waals surface area (Å²) in [6.45, 7) is 8.58. The maximum Gasteiger partial charge on any atom is 0.0681 e. The Balaban J connectivity index is 3.05. The van der Waals surface area contributed by atoms with Crippen molar-refractivity contribution in [3.63, 3.8) is 0 Å². The van der Waals surface area contributed by atoms with Crippen molar-refractivity contribution in [1.82, 2.24) is 9.78 Å². The number of nitrogens with zero attached hydrogens (tertiary/aromatic N) is 2. The van der Waals surface area contributed by atoms with Crippen LogP contribution < -0.4 is 5.73 Å². The summed E-state index contributed by atoms with van der Waals surface area (Å²) in [4.78, 5) is 0. The van der Waals surface area contributed by atoms with E-state index in [4.69, 9.17) is 5.73 Å². The first kappa shape index (κ1) is 11.2. The Morgan fingerprint density at radius 1 is 1.50 bits per heavy atom. The zero-order valence-electron chi connectivity index (χ0n) is 9.83. The third-order valence-corrected chi connectivity index (χ3v) is 2.50. The van der Waals surface area contributed by atoms with Crippen LogP contribution in [0.1, 0.15) is 51.5 Å². The molecule has 0 amide bonds. The third-order valence-electron chi connectivity index (χ3n) is 2.50. The summed E-state index contributed by atoms with van der Waals surface area (Å²) >= 11 is 0. The molecule has 1 atom stereocenters. The van der Waals surface area contributed by atoms with Gasteiger partial charge in [0.05, 0.1) is 11.4 Å². The normalized spacial score (nSPS) is 14.4. The zero-order valence-corrected chi connectivity index (χ0v) is 9.83. The molecule has 0 fully saturated rings. The van der Waals surface area contributed by atoms with Crippen LogP contribution in [-0.4, -0.2) is 9.78 Å². The van der Waals surface area contributed by atoms with Crippen LogP contribution in [0.5, 0.6) is 0 Å². The average molecular weight is 195 g/mol. The van der Waals surface area contributed by atoms with Crippen molar-refractivity contribution in [3.8, 4) is 0 Å². The predicted octanol–water partition coefficient (Wildman–Crippen LogP) is 2.13. The monoisotopic (exact) mass is 195 g/mol. The topological polar surface area (TPSA) is 43.8 Å². The highest BCUT2D eigenvalue weighted by atomic mass is 15.3. The smallest absolute Gasteiger partial charge is 0.0681 e. The molecule has 1 rings (SSSR count). The maximum atomic E-state index is 5.99. The zero-order chi connectivity index (χ0) is 10.9. The summed E-state index contributed by atoms with van der Waals surface area (Å²) < 4.78 is 1.90. The molecule has 0 saturated carbocycles. The number of aryl methyl sites for hydroxylation is 1. The molecule has 0 aliphatic carbocycles. The van der Waals surface area contributed by atoms with Crippen molar-refractivity contribution in [1.29, 1.82) is 0 Å². The highest BCUT2D eigenvalue weighted by Crippen LogP contribution is 2.24. The molecule has 0 aromatic carbocycles. The molecule has 0 radical (unpaired) electrons. The average Bonchev–Trinajstić information content (AvgIpc) is 2.45. The van der Waals surface area contributed by atoms with E-state index in [0.717, 1.165) is 17.8 Å². The van der Waals surface area contributed by atoms with Gasteiger partial charge in [-0.2, -0.15) is 5.10 Å². The number of hydrogen-bond donors (Lipinski definition) is 1. The van der Waals surface area contributed by atoms with Gasteiger partial charge in [0, 0.05) is 18.5 Å². The fourth-order valence-electron chi connectivity index (χ4n) is 1.40. The molecule has 0 aliphatic heterocycles. The van der Waals surface area contributed by atoms with Gasteiger partial charge in [-0.25, -0.2) is 0 Å². The second-order valence-corrected chi connectivity index (χ2v) is 4.84. The van der Waals surface area contributed by atoms with Crippen LogP contribution in [0, 0.1) is 0 Å². The Hall–Kier alpha value is -0.830. The van der Waals surface area contributed by atoms with Gasteiger partial charge in [0.25, 0.3) is 0 Å². The van der Waals surface area contributed by atoms with Crippen molar-refractivity contribution in [2.24, 2.45) is 12.8 Å². The van der Waals surface area contributed by atoms with Gasteiger partial charge in [0.1, 0.15) is 0 Å². The molecule has 0 spiro atoms. The van der Waals surface area contributed by atoms with Gasteiger partial charge in [0.2, 0.25) is 0 Å². The first-order chi connectivity index (χ1) is 6.36. The first-order valence-electron chi connectivity index (χ1n) is 5.16. The summed E-state index contributed by atoms with van der Waals surface area (Å²) in [7, 11) is 1.96. The van der Waals surface area contributed by atoms with Crippen LogP contribution in [0.4, 0.5) is 0 Å². The standard InChI is InChI=1S/C11H21N3/c1-6-8(12)9-7-10(11(2,3)4)13-14(9)5/h7-8H,6,12H2,1-5H3. The third kappa shape index (κ3) is 2.15. The van der Waals surface area contributed by atoms with Crippen LogP contribution in [0.2, 0.25) is 0 Å². The lowest BCUT2D eigenvalue weighted by Crippen LogP contribution is -2.13. The quantitative estimate of drug-likeness (QED) is 0.785. The van der Waals surface area contributed by atoms with Crippen LogP contribution >= 0.6 is 0 Å². The van der Waals surface area contributed by atoms with E-state index in [-0.39, 0.29) is 11.5 Å². The number of nitrogens with two attached hydrogens (primary N) is 1. The lowest BCUT2D eigenvalue weighted by atomic mass is 9.92. The molecular weight excluding hydrogens is 174 g/mol. The van der Waals surface area contributed by atoms with Crippen molar-refractivity contribution >= 4 is 0 Å². The second-order valence-electron chi connectivity index (χ2n) is 4.84. The summed E-state index contributed by atoms with van der Waals surface area (Å²) in [5.41, 5.74) is 8.32. The van der Waals surface area contributed by atoms with Crippen LogP contribution in [0.3, 0.4) is 0 Å². The summed E-state index contributed by atoms with van der Waals surface area (Å²) in [5, 5.41) is 4.49. The van der Waals surface area contributed by atoms with Crippen LogP contribution in [-0.2, 0) is 12.5 Å². The Kier molecular flexibility index (Phi) is 3.00. The fourth-order valence-corrected chi connectivity index (χ4v) is 1.40. The molecule has 80 valence electrons. The van der Waals surface area contributed by atoms with Crippen molar-refractivity contribution in [3.05, 3.63) is 17.5 Å². The highest BCUT2D eigenvalue weighted by molar-refractivity contribution is 5.19. The van der Waals surface area contributed by atoms with Crippen molar-refractivity contribution in [2.75, 3.05) is 0 Å². The minimum atomic E-state index is 0.101. The van der Waals surface area contributed by atoms with Gasteiger partial charge in [-0.15, -0.1) is 0 Å². The van der Waals surface area contributed by atoms with E-state index in [0.29, 0.717) is 0 Å². The molecule has 3 nitrogen and oxygen atoms in total. The first-order valence-corrected chi connectivity index (χ1v) is 5.16. The predicted molar refractivity (Wildman–Crippen MR) is 59.1 cm³/mol. The van der Waals surface area contributed by atoms with Gasteiger partial charge in [0.15, 0.2) is 0 Å². The molecule has 1 heterocycles. The molecule has 0 bridgehead atoms. The van der Waals surface area contributed by atoms with E-state index in [1.165, 1.54) is 0 Å². The number of aromatic nitrogens is 2. The van der Waals surface area contributed by atoms with E-state index in [2.05, 4.69) is 38.9 Å². The maximum absolute atomic E-state index is 5.99. The van der Waals surface area contributed by atoms with Gasteiger partial charge in [-0.05, 0) is 12.5 Å². The van der Waals surface area contributed by atoms with Crippen molar-refractivity contribution < 1.29 is 0 Å².